The number of nitrogens with two attached hydrogens (primary N) is 1. The van der Waals surface area contributed by atoms with Crippen LogP contribution >= 0.6 is 11.3 Å². The van der Waals surface area contributed by atoms with Crippen LogP contribution in [-0.4, -0.2) is 35.1 Å². The first-order chi connectivity index (χ1) is 12.0. The van der Waals surface area contributed by atoms with Crippen LogP contribution < -0.4 is 11.1 Å². The van der Waals surface area contributed by atoms with E-state index in [1.54, 1.807) is 20.8 Å². The molecule has 0 spiro atoms. The molecule has 0 aliphatic carbocycles. The van der Waals surface area contributed by atoms with Gasteiger partial charge in [-0.3, -0.25) is 9.59 Å². The van der Waals surface area contributed by atoms with Gasteiger partial charge >= 0.3 is 12.1 Å². The third-order valence-electron chi connectivity index (χ3n) is 2.43. The average Bonchev–Trinajstić information content (AvgIpc) is 2.94. The highest BCUT2D eigenvalue weighted by atomic mass is 32.1. The Morgan fingerprint density at radius 3 is 2.31 bits per heavy atom. The molecule has 0 aliphatic heterocycles. The number of carbonyl (C=O) groups excluding carboxylic acids is 3. The van der Waals surface area contributed by atoms with E-state index >= 15 is 0 Å². The number of esters is 1. The third kappa shape index (κ3) is 10.7. The Labute approximate surface area is 158 Å². The number of nitrogens with zero attached hydrogens (tertiary/aromatic N) is 1. The maximum atomic E-state index is 11.6. The number of nitrogens with one attached hydrogen (secondary N) is 1. The van der Waals surface area contributed by atoms with Crippen molar-refractivity contribution < 1.29 is 23.9 Å². The summed E-state index contributed by atoms with van der Waals surface area (Å²) in [4.78, 5) is 37.9. The quantitative estimate of drug-likeness (QED) is 0.723. The molecule has 1 unspecified atom stereocenters. The van der Waals surface area contributed by atoms with Gasteiger partial charge in [0.05, 0.1) is 0 Å². The zero-order valence-corrected chi connectivity index (χ0v) is 17.1. The maximum Gasteiger partial charge on any atom is 0.407 e. The molecule has 1 aromatic heterocycles. The lowest BCUT2D eigenvalue weighted by Crippen LogP contribution is -2.33. The van der Waals surface area contributed by atoms with Crippen molar-refractivity contribution in [3.05, 3.63) is 16.1 Å². The van der Waals surface area contributed by atoms with E-state index < -0.39 is 29.7 Å². The van der Waals surface area contributed by atoms with Gasteiger partial charge in [-0.2, -0.15) is 0 Å². The Morgan fingerprint density at radius 2 is 1.88 bits per heavy atom. The van der Waals surface area contributed by atoms with Crippen LogP contribution in [0.3, 0.4) is 0 Å². The van der Waals surface area contributed by atoms with Crippen molar-refractivity contribution in [2.45, 2.75) is 66.1 Å². The topological polar surface area (TPSA) is 121 Å². The van der Waals surface area contributed by atoms with Crippen LogP contribution in [0, 0.1) is 0 Å². The largest absolute Gasteiger partial charge is 0.455 e. The van der Waals surface area contributed by atoms with Gasteiger partial charge in [-0.25, -0.2) is 9.78 Å². The smallest absolute Gasteiger partial charge is 0.407 e. The van der Waals surface area contributed by atoms with Crippen LogP contribution in [0.5, 0.6) is 0 Å². The Bertz CT molecular complexity index is 595. The zero-order chi connectivity index (χ0) is 20.3. The van der Waals surface area contributed by atoms with Crippen LogP contribution in [0.1, 0.15) is 76.0 Å². The highest BCUT2D eigenvalue weighted by Gasteiger charge is 2.21. The lowest BCUT2D eigenvalue weighted by molar-refractivity contribution is -0.147. The molecule has 0 saturated carbocycles. The number of ether oxygens (including phenoxy) is 2. The molecule has 0 radical (unpaired) electrons. The molecule has 26 heavy (non-hydrogen) atoms. The fraction of sp³-hybridized carbons (Fsp3) is 0.647. The van der Waals surface area contributed by atoms with Gasteiger partial charge in [-0.1, -0.05) is 20.3 Å². The van der Waals surface area contributed by atoms with E-state index in [4.69, 9.17) is 15.2 Å². The van der Waals surface area contributed by atoms with Crippen molar-refractivity contribution >= 4 is 29.3 Å². The van der Waals surface area contributed by atoms with Crippen LogP contribution in [-0.2, 0) is 14.3 Å². The second-order valence-electron chi connectivity index (χ2n) is 6.46. The van der Waals surface area contributed by atoms with Crippen molar-refractivity contribution in [2.24, 2.45) is 5.73 Å². The van der Waals surface area contributed by atoms with Gasteiger partial charge in [0.1, 0.15) is 16.3 Å². The summed E-state index contributed by atoms with van der Waals surface area (Å²) in [6.07, 6.45) is 0.321. The Balaban J connectivity index is 0.00000194. The van der Waals surface area contributed by atoms with Gasteiger partial charge in [0, 0.05) is 25.3 Å². The summed E-state index contributed by atoms with van der Waals surface area (Å²) >= 11 is 1.16. The van der Waals surface area contributed by atoms with Crippen LogP contribution in [0.4, 0.5) is 4.79 Å². The van der Waals surface area contributed by atoms with E-state index in [9.17, 15) is 14.4 Å². The molecule has 1 heterocycles. The average molecular weight is 388 g/mol. The van der Waals surface area contributed by atoms with Crippen molar-refractivity contribution in [1.82, 2.24) is 10.3 Å². The molecule has 1 atom stereocenters. The molecule has 1 aromatic rings. The minimum atomic E-state index is -0.666. The van der Waals surface area contributed by atoms with E-state index in [-0.39, 0.29) is 12.2 Å². The summed E-state index contributed by atoms with van der Waals surface area (Å²) in [5.74, 6) is -1.14. The van der Waals surface area contributed by atoms with Gasteiger partial charge in [-0.05, 0) is 20.8 Å². The van der Waals surface area contributed by atoms with E-state index in [1.807, 2.05) is 0 Å². The molecule has 0 aromatic carbocycles. The van der Waals surface area contributed by atoms with Crippen molar-refractivity contribution in [1.29, 1.82) is 0 Å². The lowest BCUT2D eigenvalue weighted by Gasteiger charge is -2.20. The lowest BCUT2D eigenvalue weighted by atomic mass is 10.2. The third-order valence-corrected chi connectivity index (χ3v) is 3.37. The van der Waals surface area contributed by atoms with E-state index in [1.165, 1.54) is 18.7 Å². The standard InChI is InChI=1S/C14H21N3O5S.C3H8/c1-8(18)21-10(12-17-9(7-23-12)11(15)19)5-6-16-13(20)22-14(2,3)4;1-3-2/h7,10H,5-6H2,1-4H3,(H2,15,19)(H,16,20);3H2,1-2H3. The van der Waals surface area contributed by atoms with Gasteiger partial charge in [0.2, 0.25) is 0 Å². The molecule has 3 N–H and O–H groups in total. The molecule has 0 saturated heterocycles. The van der Waals surface area contributed by atoms with Crippen LogP contribution in [0.25, 0.3) is 0 Å². The Kier molecular flexibility index (Phi) is 10.5. The molecular weight excluding hydrogens is 358 g/mol. The summed E-state index contributed by atoms with van der Waals surface area (Å²) in [6.45, 7) is 11.0. The Hall–Kier alpha value is -2.16. The summed E-state index contributed by atoms with van der Waals surface area (Å²) in [6, 6.07) is 0. The monoisotopic (exact) mass is 387 g/mol. The molecule has 2 amide bonds. The molecule has 148 valence electrons. The number of primary amides is 1. The first kappa shape index (κ1) is 23.8. The number of thiazole rings is 1. The highest BCUT2D eigenvalue weighted by Crippen LogP contribution is 2.24. The number of amides is 2. The normalized spacial score (nSPS) is 11.6. The van der Waals surface area contributed by atoms with E-state index in [0.717, 1.165) is 11.3 Å². The predicted molar refractivity (Wildman–Crippen MR) is 100.0 cm³/mol. The SMILES string of the molecule is CC(=O)OC(CCNC(=O)OC(C)(C)C)c1nc(C(N)=O)cs1.CCC. The first-order valence-corrected chi connectivity index (χ1v) is 9.27. The van der Waals surface area contributed by atoms with Crippen LogP contribution in [0.15, 0.2) is 5.38 Å². The van der Waals surface area contributed by atoms with E-state index in [2.05, 4.69) is 24.1 Å². The van der Waals surface area contributed by atoms with Gasteiger partial charge in [0.15, 0.2) is 6.10 Å². The molecule has 0 aliphatic rings. The number of rotatable bonds is 6. The van der Waals surface area contributed by atoms with Crippen molar-refractivity contribution in [3.8, 4) is 0 Å². The molecule has 1 rings (SSSR count). The maximum absolute atomic E-state index is 11.6. The number of carbonyl (C=O) groups is 3. The van der Waals surface area contributed by atoms with Gasteiger partial charge < -0.3 is 20.5 Å². The summed E-state index contributed by atoms with van der Waals surface area (Å²) in [5.41, 5.74) is 4.67. The fourth-order valence-electron chi connectivity index (χ4n) is 1.60. The second kappa shape index (κ2) is 11.5. The number of hydrogen-bond acceptors (Lipinski definition) is 7. The minimum absolute atomic E-state index is 0.113. The van der Waals surface area contributed by atoms with Crippen LogP contribution in [0.2, 0.25) is 0 Å². The molecular formula is C17H29N3O5S. The summed E-state index contributed by atoms with van der Waals surface area (Å²) < 4.78 is 10.3. The minimum Gasteiger partial charge on any atom is -0.455 e. The van der Waals surface area contributed by atoms with Gasteiger partial charge in [0.25, 0.3) is 5.91 Å². The predicted octanol–water partition coefficient (Wildman–Crippen LogP) is 3.18. The van der Waals surface area contributed by atoms with Crippen molar-refractivity contribution in [3.63, 3.8) is 0 Å². The van der Waals surface area contributed by atoms with E-state index in [0.29, 0.717) is 11.4 Å². The first-order valence-electron chi connectivity index (χ1n) is 8.39. The summed E-state index contributed by atoms with van der Waals surface area (Å²) in [5, 5.41) is 4.51. The van der Waals surface area contributed by atoms with Crippen molar-refractivity contribution in [2.75, 3.05) is 6.54 Å². The Morgan fingerprint density at radius 1 is 1.31 bits per heavy atom. The number of aromatic nitrogens is 1. The molecule has 8 nitrogen and oxygen atoms in total. The highest BCUT2D eigenvalue weighted by molar-refractivity contribution is 7.09. The molecule has 0 fully saturated rings. The molecule has 9 heteroatoms. The van der Waals surface area contributed by atoms with Gasteiger partial charge in [-0.15, -0.1) is 11.3 Å². The number of alkyl carbamates (subject to hydrolysis) is 1. The summed E-state index contributed by atoms with van der Waals surface area (Å²) in [7, 11) is 0. The fourth-order valence-corrected chi connectivity index (χ4v) is 2.47. The number of hydrogen-bond donors (Lipinski definition) is 2. The second-order valence-corrected chi connectivity index (χ2v) is 7.35. The molecule has 0 bridgehead atoms. The zero-order valence-electron chi connectivity index (χ0n) is 16.3.